The highest BCUT2D eigenvalue weighted by Crippen LogP contribution is 2.28. The number of carboxylic acids is 2. The maximum atomic E-state index is 12.5. The first kappa shape index (κ1) is 38.1. The molecule has 1 saturated carbocycles. The molecule has 8 heteroatoms. The number of aliphatic carboxylic acids is 2. The average molecular weight is 595 g/mol. The molecule has 0 aliphatic heterocycles. The number of amides is 1. The Morgan fingerprint density at radius 1 is 0.643 bits per heavy atom. The van der Waals surface area contributed by atoms with Gasteiger partial charge < -0.3 is 25.6 Å². The van der Waals surface area contributed by atoms with Gasteiger partial charge in [0.15, 0.2) is 0 Å². The number of carboxylic acid groups (broad SMARTS) is 2. The number of carbonyl (C=O) groups is 4. The SMILES string of the molecule is CC(=O)CC[C@H](NC(=O)C1CCC(CNCCCCCCCCCCCCCCCCCCCC(=O)O)CC1)C(=O)O. The van der Waals surface area contributed by atoms with Gasteiger partial charge in [-0.2, -0.15) is 0 Å². The van der Waals surface area contributed by atoms with Crippen LogP contribution in [0.1, 0.15) is 161 Å². The fourth-order valence-corrected chi connectivity index (χ4v) is 6.01. The molecule has 1 aliphatic rings. The van der Waals surface area contributed by atoms with E-state index in [2.05, 4.69) is 10.6 Å². The Kier molecular flexibility index (Phi) is 23.1. The van der Waals surface area contributed by atoms with Crippen molar-refractivity contribution in [2.75, 3.05) is 13.1 Å². The van der Waals surface area contributed by atoms with Crippen LogP contribution in [0.3, 0.4) is 0 Å². The van der Waals surface area contributed by atoms with Crippen molar-refractivity contribution in [2.24, 2.45) is 11.8 Å². The number of nitrogens with one attached hydrogen (secondary N) is 2. The lowest BCUT2D eigenvalue weighted by molar-refractivity contribution is -0.143. The van der Waals surface area contributed by atoms with Crippen LogP contribution < -0.4 is 10.6 Å². The van der Waals surface area contributed by atoms with E-state index >= 15 is 0 Å². The summed E-state index contributed by atoms with van der Waals surface area (Å²) in [6.07, 6.45) is 25.9. The van der Waals surface area contributed by atoms with Crippen molar-refractivity contribution in [3.63, 3.8) is 0 Å². The van der Waals surface area contributed by atoms with E-state index in [4.69, 9.17) is 5.11 Å². The Bertz CT molecular complexity index is 736. The van der Waals surface area contributed by atoms with Crippen molar-refractivity contribution in [3.8, 4) is 0 Å². The minimum absolute atomic E-state index is 0.0655. The molecule has 0 aromatic carbocycles. The highest BCUT2D eigenvalue weighted by atomic mass is 16.4. The zero-order chi connectivity index (χ0) is 30.8. The van der Waals surface area contributed by atoms with Gasteiger partial charge in [-0.05, 0) is 70.9 Å². The van der Waals surface area contributed by atoms with Crippen molar-refractivity contribution in [1.82, 2.24) is 10.6 Å². The van der Waals surface area contributed by atoms with E-state index in [1.807, 2.05) is 0 Å². The third-order valence-electron chi connectivity index (χ3n) is 8.79. The van der Waals surface area contributed by atoms with Crippen LogP contribution in [0.5, 0.6) is 0 Å². The number of hydrogen-bond acceptors (Lipinski definition) is 5. The van der Waals surface area contributed by atoms with Gasteiger partial charge in [0.05, 0.1) is 0 Å². The van der Waals surface area contributed by atoms with Crippen LogP contribution >= 0.6 is 0 Å². The van der Waals surface area contributed by atoms with Crippen LogP contribution in [0, 0.1) is 11.8 Å². The lowest BCUT2D eigenvalue weighted by atomic mass is 9.81. The molecule has 0 heterocycles. The van der Waals surface area contributed by atoms with E-state index in [9.17, 15) is 24.3 Å². The van der Waals surface area contributed by atoms with Gasteiger partial charge in [0.25, 0.3) is 0 Å². The average Bonchev–Trinajstić information content (AvgIpc) is 2.95. The van der Waals surface area contributed by atoms with Crippen molar-refractivity contribution < 1.29 is 29.4 Å². The van der Waals surface area contributed by atoms with Crippen LogP contribution in [0.15, 0.2) is 0 Å². The van der Waals surface area contributed by atoms with Crippen LogP contribution in [0.2, 0.25) is 0 Å². The third-order valence-corrected chi connectivity index (χ3v) is 8.79. The molecule has 0 unspecified atom stereocenters. The molecular weight excluding hydrogens is 532 g/mol. The van der Waals surface area contributed by atoms with E-state index in [-0.39, 0.29) is 30.4 Å². The number of rotatable bonds is 28. The molecule has 0 aromatic rings. The number of hydrogen-bond donors (Lipinski definition) is 4. The van der Waals surface area contributed by atoms with Gasteiger partial charge in [0.2, 0.25) is 5.91 Å². The summed E-state index contributed by atoms with van der Waals surface area (Å²) in [5.41, 5.74) is 0. The number of carbonyl (C=O) groups excluding carboxylic acids is 2. The molecule has 0 bridgehead atoms. The largest absolute Gasteiger partial charge is 0.481 e. The normalized spacial score (nSPS) is 17.5. The monoisotopic (exact) mass is 594 g/mol. The Hall–Kier alpha value is -1.96. The summed E-state index contributed by atoms with van der Waals surface area (Å²) in [6, 6.07) is -0.979. The van der Waals surface area contributed by atoms with Gasteiger partial charge in [-0.3, -0.25) is 9.59 Å². The first-order chi connectivity index (χ1) is 20.3. The third kappa shape index (κ3) is 21.7. The molecule has 0 spiro atoms. The molecule has 1 amide bonds. The standard InChI is InChI=1S/C34H62N2O6/c1-28(37)20-25-31(34(41)42)36-33(40)30-23-21-29(22-24-30)27-35-26-18-16-14-12-10-8-6-4-2-3-5-7-9-11-13-15-17-19-32(38)39/h29-31,35H,2-27H2,1H3,(H,36,40)(H,38,39)(H,41,42)/t29?,30?,31-/m0/s1. The van der Waals surface area contributed by atoms with Gasteiger partial charge in [-0.1, -0.05) is 96.3 Å². The molecule has 0 radical (unpaired) electrons. The highest BCUT2D eigenvalue weighted by molar-refractivity contribution is 5.85. The molecular formula is C34H62N2O6. The molecule has 8 nitrogen and oxygen atoms in total. The first-order valence-electron chi connectivity index (χ1n) is 17.2. The molecule has 0 aromatic heterocycles. The fourth-order valence-electron chi connectivity index (χ4n) is 6.01. The second-order valence-electron chi connectivity index (χ2n) is 12.7. The van der Waals surface area contributed by atoms with Crippen molar-refractivity contribution in [1.29, 1.82) is 0 Å². The summed E-state index contributed by atoms with van der Waals surface area (Å²) < 4.78 is 0. The molecule has 4 N–H and O–H groups in total. The topological polar surface area (TPSA) is 133 Å². The summed E-state index contributed by atoms with van der Waals surface area (Å²) in [7, 11) is 0. The van der Waals surface area contributed by atoms with E-state index in [0.717, 1.165) is 51.6 Å². The zero-order valence-electron chi connectivity index (χ0n) is 26.6. The second-order valence-corrected chi connectivity index (χ2v) is 12.7. The van der Waals surface area contributed by atoms with Crippen LogP contribution in [0.4, 0.5) is 0 Å². The Labute approximate surface area is 255 Å². The summed E-state index contributed by atoms with van der Waals surface area (Å²) >= 11 is 0. The predicted octanol–water partition coefficient (Wildman–Crippen LogP) is 7.43. The number of Topliss-reactive ketones (excluding diaryl/α,β-unsaturated/α-hetero) is 1. The van der Waals surface area contributed by atoms with Gasteiger partial charge in [0.1, 0.15) is 11.8 Å². The highest BCUT2D eigenvalue weighted by Gasteiger charge is 2.29. The second kappa shape index (κ2) is 25.5. The summed E-state index contributed by atoms with van der Waals surface area (Å²) in [6.45, 7) is 3.49. The maximum absolute atomic E-state index is 12.5. The summed E-state index contributed by atoms with van der Waals surface area (Å²) in [5.74, 6) is -1.52. The van der Waals surface area contributed by atoms with Gasteiger partial charge in [0, 0.05) is 18.8 Å². The van der Waals surface area contributed by atoms with E-state index < -0.39 is 18.0 Å². The van der Waals surface area contributed by atoms with Crippen LogP contribution in [-0.4, -0.2) is 53.0 Å². The quantitative estimate of drug-likeness (QED) is 0.0692. The van der Waals surface area contributed by atoms with E-state index in [1.165, 1.54) is 103 Å². The minimum Gasteiger partial charge on any atom is -0.481 e. The Morgan fingerprint density at radius 3 is 1.52 bits per heavy atom. The molecule has 244 valence electrons. The van der Waals surface area contributed by atoms with E-state index in [0.29, 0.717) is 12.3 Å². The Balaban J connectivity index is 1.86. The molecule has 1 aliphatic carbocycles. The molecule has 1 atom stereocenters. The van der Waals surface area contributed by atoms with Gasteiger partial charge in [-0.15, -0.1) is 0 Å². The summed E-state index contributed by atoms with van der Waals surface area (Å²) in [4.78, 5) is 45.6. The first-order valence-corrected chi connectivity index (χ1v) is 17.2. The Morgan fingerprint density at radius 2 is 1.10 bits per heavy atom. The molecule has 1 fully saturated rings. The van der Waals surface area contributed by atoms with Gasteiger partial charge >= 0.3 is 11.9 Å². The predicted molar refractivity (Wildman–Crippen MR) is 169 cm³/mol. The lowest BCUT2D eigenvalue weighted by Crippen LogP contribution is -2.44. The minimum atomic E-state index is -1.07. The zero-order valence-corrected chi connectivity index (χ0v) is 26.6. The number of ketones is 1. The number of unbranched alkanes of at least 4 members (excludes halogenated alkanes) is 16. The summed E-state index contributed by atoms with van der Waals surface area (Å²) in [5, 5.41) is 24.2. The molecule has 0 saturated heterocycles. The molecule has 42 heavy (non-hydrogen) atoms. The van der Waals surface area contributed by atoms with Crippen molar-refractivity contribution in [2.45, 2.75) is 167 Å². The smallest absolute Gasteiger partial charge is 0.326 e. The van der Waals surface area contributed by atoms with Gasteiger partial charge in [-0.25, -0.2) is 4.79 Å². The van der Waals surface area contributed by atoms with Crippen LogP contribution in [0.25, 0.3) is 0 Å². The fraction of sp³-hybridized carbons (Fsp3) is 0.882. The van der Waals surface area contributed by atoms with Crippen molar-refractivity contribution >= 4 is 23.6 Å². The lowest BCUT2D eigenvalue weighted by Gasteiger charge is -2.29. The van der Waals surface area contributed by atoms with Crippen molar-refractivity contribution in [3.05, 3.63) is 0 Å². The van der Waals surface area contributed by atoms with Crippen LogP contribution in [-0.2, 0) is 19.2 Å². The van der Waals surface area contributed by atoms with E-state index in [1.54, 1.807) is 0 Å². The molecule has 1 rings (SSSR count). The maximum Gasteiger partial charge on any atom is 0.326 e.